The first kappa shape index (κ1) is 17.3. The SMILES string of the molecule is O=C(NCCc1ccccc1)c1cn2cc(-c3cccc(Cl)c3)ccc2n1. The number of carbonyl (C=O) groups excluding carboxylic acids is 1. The van der Waals surface area contributed by atoms with Gasteiger partial charge in [-0.2, -0.15) is 0 Å². The Morgan fingerprint density at radius 1 is 0.963 bits per heavy atom. The molecule has 0 saturated heterocycles. The van der Waals surface area contributed by atoms with Crippen molar-refractivity contribution in [2.45, 2.75) is 6.42 Å². The number of imidazole rings is 1. The molecule has 4 rings (SSSR count). The Morgan fingerprint density at radius 2 is 1.81 bits per heavy atom. The highest BCUT2D eigenvalue weighted by molar-refractivity contribution is 6.30. The van der Waals surface area contributed by atoms with Crippen LogP contribution >= 0.6 is 11.6 Å². The molecule has 4 nitrogen and oxygen atoms in total. The zero-order valence-electron chi connectivity index (χ0n) is 14.6. The summed E-state index contributed by atoms with van der Waals surface area (Å²) in [4.78, 5) is 16.8. The summed E-state index contributed by atoms with van der Waals surface area (Å²) in [6.45, 7) is 0.574. The first-order valence-corrected chi connectivity index (χ1v) is 9.14. The smallest absolute Gasteiger partial charge is 0.271 e. The summed E-state index contributed by atoms with van der Waals surface area (Å²) in [5.41, 5.74) is 4.37. The van der Waals surface area contributed by atoms with Gasteiger partial charge in [0.2, 0.25) is 0 Å². The topological polar surface area (TPSA) is 46.4 Å². The second-order valence-electron chi connectivity index (χ2n) is 6.31. The van der Waals surface area contributed by atoms with Gasteiger partial charge in [-0.15, -0.1) is 0 Å². The molecule has 0 aliphatic heterocycles. The molecule has 0 atom stereocenters. The molecule has 5 heteroatoms. The van der Waals surface area contributed by atoms with Crippen LogP contribution < -0.4 is 5.32 Å². The molecule has 1 N–H and O–H groups in total. The molecule has 0 saturated carbocycles. The van der Waals surface area contributed by atoms with Crippen LogP contribution in [0.4, 0.5) is 0 Å². The number of benzene rings is 2. The number of carbonyl (C=O) groups is 1. The Balaban J connectivity index is 1.48. The minimum Gasteiger partial charge on any atom is -0.350 e. The fourth-order valence-electron chi connectivity index (χ4n) is 3.00. The molecule has 4 aromatic rings. The zero-order chi connectivity index (χ0) is 18.6. The fraction of sp³-hybridized carbons (Fsp3) is 0.0909. The summed E-state index contributed by atoms with van der Waals surface area (Å²) in [6, 6.07) is 21.6. The van der Waals surface area contributed by atoms with E-state index in [0.717, 1.165) is 23.2 Å². The highest BCUT2D eigenvalue weighted by atomic mass is 35.5. The molecule has 2 heterocycles. The van der Waals surface area contributed by atoms with Crippen molar-refractivity contribution in [2.24, 2.45) is 0 Å². The number of pyridine rings is 1. The Morgan fingerprint density at radius 3 is 2.63 bits per heavy atom. The number of nitrogens with zero attached hydrogens (tertiary/aromatic N) is 2. The van der Waals surface area contributed by atoms with Gasteiger partial charge in [0.1, 0.15) is 11.3 Å². The summed E-state index contributed by atoms with van der Waals surface area (Å²) in [5.74, 6) is -0.168. The van der Waals surface area contributed by atoms with Crippen molar-refractivity contribution >= 4 is 23.2 Å². The minimum atomic E-state index is -0.168. The van der Waals surface area contributed by atoms with Gasteiger partial charge < -0.3 is 9.72 Å². The standard InChI is InChI=1S/C22H18ClN3O/c23-19-8-4-7-17(13-19)18-9-10-21-25-20(15-26(21)14-18)22(27)24-12-11-16-5-2-1-3-6-16/h1-10,13-15H,11-12H2,(H,24,27). The van der Waals surface area contributed by atoms with Crippen LogP contribution in [0.2, 0.25) is 5.02 Å². The molecule has 1 amide bonds. The van der Waals surface area contributed by atoms with Gasteiger partial charge in [-0.05, 0) is 47.4 Å². The van der Waals surface area contributed by atoms with E-state index >= 15 is 0 Å². The fourth-order valence-corrected chi connectivity index (χ4v) is 3.19. The van der Waals surface area contributed by atoms with Crippen molar-refractivity contribution in [3.63, 3.8) is 0 Å². The number of hydrogen-bond donors (Lipinski definition) is 1. The van der Waals surface area contributed by atoms with E-state index < -0.39 is 0 Å². The first-order valence-electron chi connectivity index (χ1n) is 8.76. The van der Waals surface area contributed by atoms with E-state index in [1.54, 1.807) is 6.20 Å². The van der Waals surface area contributed by atoms with Crippen molar-refractivity contribution in [3.8, 4) is 11.1 Å². The monoisotopic (exact) mass is 375 g/mol. The van der Waals surface area contributed by atoms with Crippen LogP contribution in [-0.2, 0) is 6.42 Å². The molecule has 0 bridgehead atoms. The average molecular weight is 376 g/mol. The Bertz CT molecular complexity index is 1090. The minimum absolute atomic E-state index is 0.168. The van der Waals surface area contributed by atoms with Crippen molar-refractivity contribution < 1.29 is 4.79 Å². The van der Waals surface area contributed by atoms with Gasteiger partial charge in [-0.25, -0.2) is 4.98 Å². The van der Waals surface area contributed by atoms with Crippen LogP contribution in [0, 0.1) is 0 Å². The lowest BCUT2D eigenvalue weighted by Crippen LogP contribution is -2.25. The zero-order valence-corrected chi connectivity index (χ0v) is 15.4. The lowest BCUT2D eigenvalue weighted by Gasteiger charge is -2.03. The van der Waals surface area contributed by atoms with E-state index in [2.05, 4.69) is 22.4 Å². The average Bonchev–Trinajstić information content (AvgIpc) is 3.12. The third-order valence-electron chi connectivity index (χ3n) is 4.38. The maximum Gasteiger partial charge on any atom is 0.271 e. The van der Waals surface area contributed by atoms with Crippen LogP contribution in [0.15, 0.2) is 79.1 Å². The summed E-state index contributed by atoms with van der Waals surface area (Å²) < 4.78 is 1.86. The summed E-state index contributed by atoms with van der Waals surface area (Å²) in [6.07, 6.45) is 4.49. The van der Waals surface area contributed by atoms with Crippen molar-refractivity contribution in [3.05, 3.63) is 95.4 Å². The number of hydrogen-bond acceptors (Lipinski definition) is 2. The Labute approximate surface area is 162 Å². The number of amides is 1. The van der Waals surface area contributed by atoms with E-state index in [1.165, 1.54) is 5.56 Å². The van der Waals surface area contributed by atoms with Crippen LogP contribution in [0.25, 0.3) is 16.8 Å². The molecular weight excluding hydrogens is 358 g/mol. The van der Waals surface area contributed by atoms with Gasteiger partial charge in [-0.3, -0.25) is 4.79 Å². The molecule has 0 unspecified atom stereocenters. The molecule has 27 heavy (non-hydrogen) atoms. The molecule has 0 spiro atoms. The van der Waals surface area contributed by atoms with Crippen LogP contribution in [0.5, 0.6) is 0 Å². The summed E-state index contributed by atoms with van der Waals surface area (Å²) >= 11 is 6.08. The lowest BCUT2D eigenvalue weighted by atomic mass is 10.1. The maximum atomic E-state index is 12.4. The van der Waals surface area contributed by atoms with E-state index in [4.69, 9.17) is 11.6 Å². The maximum absolute atomic E-state index is 12.4. The molecule has 0 fully saturated rings. The van der Waals surface area contributed by atoms with E-state index in [9.17, 15) is 4.79 Å². The third kappa shape index (κ3) is 4.01. The molecule has 0 radical (unpaired) electrons. The van der Waals surface area contributed by atoms with Crippen molar-refractivity contribution in [1.82, 2.24) is 14.7 Å². The van der Waals surface area contributed by atoms with Crippen molar-refractivity contribution in [2.75, 3.05) is 6.54 Å². The third-order valence-corrected chi connectivity index (χ3v) is 4.62. The normalized spacial score (nSPS) is 10.9. The molecular formula is C22H18ClN3O. The van der Waals surface area contributed by atoms with E-state index in [1.807, 2.05) is 65.2 Å². The van der Waals surface area contributed by atoms with Gasteiger partial charge in [0.05, 0.1) is 0 Å². The number of rotatable bonds is 5. The molecule has 2 aromatic heterocycles. The van der Waals surface area contributed by atoms with Gasteiger partial charge in [0.15, 0.2) is 0 Å². The quantitative estimate of drug-likeness (QED) is 0.553. The number of fused-ring (bicyclic) bond motifs is 1. The Hall–Kier alpha value is -3.11. The second-order valence-corrected chi connectivity index (χ2v) is 6.75. The molecule has 134 valence electrons. The van der Waals surface area contributed by atoms with Gasteiger partial charge in [0.25, 0.3) is 5.91 Å². The Kier molecular flexibility index (Phi) is 4.90. The highest BCUT2D eigenvalue weighted by Crippen LogP contribution is 2.23. The largest absolute Gasteiger partial charge is 0.350 e. The highest BCUT2D eigenvalue weighted by Gasteiger charge is 2.11. The predicted molar refractivity (Wildman–Crippen MR) is 108 cm³/mol. The molecule has 0 aliphatic rings. The van der Waals surface area contributed by atoms with E-state index in [-0.39, 0.29) is 5.91 Å². The predicted octanol–water partition coefficient (Wildman–Crippen LogP) is 4.63. The lowest BCUT2D eigenvalue weighted by molar-refractivity contribution is 0.0950. The molecule has 0 aliphatic carbocycles. The van der Waals surface area contributed by atoms with E-state index in [0.29, 0.717) is 17.3 Å². The number of nitrogens with one attached hydrogen (secondary N) is 1. The first-order chi connectivity index (χ1) is 13.2. The van der Waals surface area contributed by atoms with Crippen LogP contribution in [0.1, 0.15) is 16.1 Å². The summed E-state index contributed by atoms with van der Waals surface area (Å²) in [5, 5.41) is 3.62. The van der Waals surface area contributed by atoms with Gasteiger partial charge in [0, 0.05) is 24.0 Å². The van der Waals surface area contributed by atoms with Crippen molar-refractivity contribution in [1.29, 1.82) is 0 Å². The second kappa shape index (κ2) is 7.64. The summed E-state index contributed by atoms with van der Waals surface area (Å²) in [7, 11) is 0. The van der Waals surface area contributed by atoms with Gasteiger partial charge >= 0.3 is 0 Å². The van der Waals surface area contributed by atoms with Gasteiger partial charge in [-0.1, -0.05) is 54.1 Å². The number of aromatic nitrogens is 2. The van der Waals surface area contributed by atoms with Crippen LogP contribution in [0.3, 0.4) is 0 Å². The van der Waals surface area contributed by atoms with Crippen LogP contribution in [-0.4, -0.2) is 21.8 Å². The molecule has 2 aromatic carbocycles. The number of halogens is 1.